The van der Waals surface area contributed by atoms with Crippen LogP contribution in [-0.2, 0) is 4.74 Å². The quantitative estimate of drug-likeness (QED) is 0.593. The number of hydrogen-bond acceptors (Lipinski definition) is 7. The van der Waals surface area contributed by atoms with Gasteiger partial charge < -0.3 is 14.6 Å². The SMILES string of the molecule is Cc1cccc(-c2ccn(-c3nc(N4CCOCC4)nc4[nH]cnc34)n2)n1. The first-order chi connectivity index (χ1) is 13.3. The van der Waals surface area contributed by atoms with E-state index >= 15 is 0 Å². The zero-order chi connectivity index (χ0) is 18.2. The molecular weight excluding hydrogens is 344 g/mol. The van der Waals surface area contributed by atoms with Gasteiger partial charge in [-0.25, -0.2) is 9.67 Å². The van der Waals surface area contributed by atoms with Crippen molar-refractivity contribution in [2.75, 3.05) is 31.2 Å². The van der Waals surface area contributed by atoms with E-state index in [2.05, 4.69) is 29.9 Å². The molecule has 0 saturated carbocycles. The van der Waals surface area contributed by atoms with Gasteiger partial charge in [0.25, 0.3) is 0 Å². The summed E-state index contributed by atoms with van der Waals surface area (Å²) in [7, 11) is 0. The lowest BCUT2D eigenvalue weighted by Crippen LogP contribution is -2.37. The Morgan fingerprint density at radius 1 is 1.04 bits per heavy atom. The van der Waals surface area contributed by atoms with Crippen molar-refractivity contribution in [2.45, 2.75) is 6.92 Å². The van der Waals surface area contributed by atoms with Crippen LogP contribution >= 0.6 is 0 Å². The minimum absolute atomic E-state index is 0.640. The van der Waals surface area contributed by atoms with Gasteiger partial charge in [0.1, 0.15) is 5.69 Å². The molecule has 9 nitrogen and oxygen atoms in total. The zero-order valence-electron chi connectivity index (χ0n) is 14.8. The fraction of sp³-hybridized carbons (Fsp3) is 0.278. The fourth-order valence-electron chi connectivity index (χ4n) is 3.14. The number of aryl methyl sites for hydroxylation is 1. The summed E-state index contributed by atoms with van der Waals surface area (Å²) >= 11 is 0. The van der Waals surface area contributed by atoms with Crippen molar-refractivity contribution < 1.29 is 4.74 Å². The van der Waals surface area contributed by atoms with E-state index in [1.807, 2.05) is 37.4 Å². The molecule has 1 saturated heterocycles. The van der Waals surface area contributed by atoms with Crippen molar-refractivity contribution in [2.24, 2.45) is 0 Å². The van der Waals surface area contributed by atoms with Crippen LogP contribution in [0.5, 0.6) is 0 Å². The van der Waals surface area contributed by atoms with E-state index in [1.54, 1.807) is 11.0 Å². The van der Waals surface area contributed by atoms with Crippen molar-refractivity contribution >= 4 is 17.1 Å². The van der Waals surface area contributed by atoms with E-state index in [1.165, 1.54) is 0 Å². The Morgan fingerprint density at radius 3 is 2.78 bits per heavy atom. The third-order valence-corrected chi connectivity index (χ3v) is 4.50. The molecule has 9 heteroatoms. The molecule has 1 aliphatic heterocycles. The lowest BCUT2D eigenvalue weighted by Gasteiger charge is -2.26. The Morgan fingerprint density at radius 2 is 1.93 bits per heavy atom. The highest BCUT2D eigenvalue weighted by molar-refractivity contribution is 5.79. The second kappa shape index (κ2) is 6.44. The molecular formula is C18H18N8O. The topological polar surface area (TPSA) is 97.6 Å². The third kappa shape index (κ3) is 2.91. The number of nitrogens with one attached hydrogen (secondary N) is 1. The number of aromatic amines is 1. The Bertz CT molecular complexity index is 1100. The van der Waals surface area contributed by atoms with Crippen molar-refractivity contribution in [3.63, 3.8) is 0 Å². The zero-order valence-corrected chi connectivity index (χ0v) is 14.8. The number of nitrogens with zero attached hydrogens (tertiary/aromatic N) is 7. The first-order valence-electron chi connectivity index (χ1n) is 8.82. The smallest absolute Gasteiger partial charge is 0.229 e. The second-order valence-electron chi connectivity index (χ2n) is 6.36. The lowest BCUT2D eigenvalue weighted by atomic mass is 10.2. The van der Waals surface area contributed by atoms with Crippen LogP contribution in [0.3, 0.4) is 0 Å². The molecule has 0 bridgehead atoms. The van der Waals surface area contributed by atoms with Crippen LogP contribution in [-0.4, -0.2) is 61.0 Å². The molecule has 0 radical (unpaired) electrons. The monoisotopic (exact) mass is 362 g/mol. The van der Waals surface area contributed by atoms with E-state index in [0.717, 1.165) is 30.2 Å². The molecule has 27 heavy (non-hydrogen) atoms. The van der Waals surface area contributed by atoms with Gasteiger partial charge in [0.2, 0.25) is 5.95 Å². The van der Waals surface area contributed by atoms with E-state index in [9.17, 15) is 0 Å². The second-order valence-corrected chi connectivity index (χ2v) is 6.36. The van der Waals surface area contributed by atoms with E-state index in [4.69, 9.17) is 9.72 Å². The largest absolute Gasteiger partial charge is 0.378 e. The van der Waals surface area contributed by atoms with Gasteiger partial charge in [0.05, 0.1) is 25.2 Å². The van der Waals surface area contributed by atoms with Crippen LogP contribution in [0.25, 0.3) is 28.4 Å². The summed E-state index contributed by atoms with van der Waals surface area (Å²) in [5.41, 5.74) is 3.93. The number of anilines is 1. The molecule has 1 aliphatic rings. The first-order valence-corrected chi connectivity index (χ1v) is 8.82. The van der Waals surface area contributed by atoms with Gasteiger partial charge in [-0.15, -0.1) is 0 Å². The van der Waals surface area contributed by atoms with E-state index in [0.29, 0.717) is 36.1 Å². The van der Waals surface area contributed by atoms with Crippen molar-refractivity contribution in [3.8, 4) is 17.2 Å². The highest BCUT2D eigenvalue weighted by Crippen LogP contribution is 2.22. The van der Waals surface area contributed by atoms with Gasteiger partial charge in [0.15, 0.2) is 17.0 Å². The van der Waals surface area contributed by atoms with Crippen molar-refractivity contribution in [1.29, 1.82) is 0 Å². The molecule has 1 fully saturated rings. The highest BCUT2D eigenvalue weighted by Gasteiger charge is 2.19. The molecule has 5 heterocycles. The number of pyridine rings is 1. The minimum atomic E-state index is 0.640. The standard InChI is InChI=1S/C18H18N8O/c1-12-3-2-4-13(21-12)14-5-6-26(24-14)17-15-16(20-11-19-15)22-18(23-17)25-7-9-27-10-8-25/h2-6,11H,7-10H2,1H3,(H,19,20,22,23). The average molecular weight is 362 g/mol. The molecule has 0 spiro atoms. The van der Waals surface area contributed by atoms with Crippen LogP contribution < -0.4 is 4.90 Å². The number of imidazole rings is 1. The number of hydrogen-bond donors (Lipinski definition) is 1. The van der Waals surface area contributed by atoms with Gasteiger partial charge in [-0.05, 0) is 25.1 Å². The summed E-state index contributed by atoms with van der Waals surface area (Å²) in [6.07, 6.45) is 3.50. The fourth-order valence-corrected chi connectivity index (χ4v) is 3.14. The number of rotatable bonds is 3. The summed E-state index contributed by atoms with van der Waals surface area (Å²) in [6, 6.07) is 7.82. The summed E-state index contributed by atoms with van der Waals surface area (Å²) in [5.74, 6) is 1.29. The van der Waals surface area contributed by atoms with E-state index < -0.39 is 0 Å². The molecule has 0 unspecified atom stereocenters. The Hall–Kier alpha value is -3.33. The third-order valence-electron chi connectivity index (χ3n) is 4.50. The molecule has 0 atom stereocenters. The Balaban J connectivity index is 1.59. The maximum atomic E-state index is 5.43. The van der Waals surface area contributed by atoms with Crippen LogP contribution in [0, 0.1) is 6.92 Å². The first kappa shape index (κ1) is 15.9. The average Bonchev–Trinajstić information content (AvgIpc) is 3.37. The van der Waals surface area contributed by atoms with Crippen LogP contribution in [0.2, 0.25) is 0 Å². The summed E-state index contributed by atoms with van der Waals surface area (Å²) < 4.78 is 7.16. The summed E-state index contributed by atoms with van der Waals surface area (Å²) in [4.78, 5) is 23.5. The molecule has 4 aromatic heterocycles. The summed E-state index contributed by atoms with van der Waals surface area (Å²) in [5, 5.41) is 4.67. The maximum Gasteiger partial charge on any atom is 0.229 e. The molecule has 136 valence electrons. The molecule has 0 aromatic carbocycles. The number of ether oxygens (including phenoxy) is 1. The lowest BCUT2D eigenvalue weighted by molar-refractivity contribution is 0.122. The van der Waals surface area contributed by atoms with Gasteiger partial charge >= 0.3 is 0 Å². The molecule has 1 N–H and O–H groups in total. The van der Waals surface area contributed by atoms with Gasteiger partial charge in [-0.3, -0.25) is 4.98 Å². The molecule has 4 aromatic rings. The maximum absolute atomic E-state index is 5.43. The van der Waals surface area contributed by atoms with Gasteiger partial charge in [-0.1, -0.05) is 6.07 Å². The van der Waals surface area contributed by atoms with Crippen LogP contribution in [0.15, 0.2) is 36.8 Å². The van der Waals surface area contributed by atoms with Gasteiger partial charge in [0, 0.05) is 25.0 Å². The van der Waals surface area contributed by atoms with Crippen molar-refractivity contribution in [3.05, 3.63) is 42.5 Å². The molecule has 0 aliphatic carbocycles. The highest BCUT2D eigenvalue weighted by atomic mass is 16.5. The van der Waals surface area contributed by atoms with E-state index in [-0.39, 0.29) is 0 Å². The number of morpholine rings is 1. The number of aromatic nitrogens is 7. The molecule has 0 amide bonds. The predicted molar refractivity (Wildman–Crippen MR) is 99.8 cm³/mol. The Kier molecular flexibility index (Phi) is 3.79. The normalized spacial score (nSPS) is 14.8. The van der Waals surface area contributed by atoms with Crippen molar-refractivity contribution in [1.82, 2.24) is 34.7 Å². The van der Waals surface area contributed by atoms with Gasteiger partial charge in [-0.2, -0.15) is 15.1 Å². The minimum Gasteiger partial charge on any atom is -0.378 e. The molecule has 5 rings (SSSR count). The predicted octanol–water partition coefficient (Wildman–Crippen LogP) is 1.75. The van der Waals surface area contributed by atoms with Crippen LogP contribution in [0.4, 0.5) is 5.95 Å². The summed E-state index contributed by atoms with van der Waals surface area (Å²) in [6.45, 7) is 4.83. The van der Waals surface area contributed by atoms with Crippen LogP contribution in [0.1, 0.15) is 5.69 Å². The number of fused-ring (bicyclic) bond motifs is 1. The Labute approximate surface area is 155 Å². The number of H-pyrrole nitrogens is 1.